The fraction of sp³-hybridized carbons (Fsp3) is 0.625. The van der Waals surface area contributed by atoms with Crippen LogP contribution in [0.15, 0.2) is 11.1 Å². The van der Waals surface area contributed by atoms with E-state index in [-0.39, 0.29) is 54.4 Å². The largest absolute Gasteiger partial charge is 0.444 e. The Bertz CT molecular complexity index is 587. The van der Waals surface area contributed by atoms with E-state index in [4.69, 9.17) is 4.74 Å². The molecule has 0 spiro atoms. The molecule has 26 heavy (non-hydrogen) atoms. The molecule has 0 bridgehead atoms. The summed E-state index contributed by atoms with van der Waals surface area (Å²) < 4.78 is 5.07. The minimum absolute atomic E-state index is 0.00491. The van der Waals surface area contributed by atoms with E-state index in [2.05, 4.69) is 42.5 Å². The molecule has 0 aliphatic carbocycles. The summed E-state index contributed by atoms with van der Waals surface area (Å²) in [7, 11) is 0. The molecule has 0 radical (unpaired) electrons. The van der Waals surface area contributed by atoms with Gasteiger partial charge in [0.2, 0.25) is 5.91 Å². The van der Waals surface area contributed by atoms with Crippen molar-refractivity contribution in [1.29, 1.82) is 0 Å². The Hall–Kier alpha value is -1.42. The van der Waals surface area contributed by atoms with Gasteiger partial charge in [-0.25, -0.2) is 4.79 Å². The van der Waals surface area contributed by atoms with Crippen LogP contribution in [-0.2, 0) is 19.1 Å². The molecule has 0 aromatic carbocycles. The lowest BCUT2D eigenvalue weighted by atomic mass is 10.2. The third kappa shape index (κ3) is 6.71. The van der Waals surface area contributed by atoms with Crippen LogP contribution in [0.25, 0.3) is 0 Å². The van der Waals surface area contributed by atoms with Gasteiger partial charge in [-0.3, -0.25) is 19.3 Å². The Morgan fingerprint density at radius 3 is 1.96 bits per heavy atom. The van der Waals surface area contributed by atoms with E-state index < -0.39 is 11.7 Å². The second kappa shape index (κ2) is 10.1. The predicted octanol–water partition coefficient (Wildman–Crippen LogP) is 1.47. The zero-order valence-electron chi connectivity index (χ0n) is 15.0. The van der Waals surface area contributed by atoms with Crippen molar-refractivity contribution in [3.05, 3.63) is 11.1 Å². The van der Waals surface area contributed by atoms with E-state index in [1.165, 1.54) is 0 Å². The van der Waals surface area contributed by atoms with Crippen molar-refractivity contribution in [2.75, 3.05) is 30.3 Å². The maximum atomic E-state index is 12.2. The van der Waals surface area contributed by atoms with E-state index in [0.717, 1.165) is 4.90 Å². The number of nitrogens with one attached hydrogen (secondary N) is 2. The summed E-state index contributed by atoms with van der Waals surface area (Å²) in [6, 6.07) is 0. The quantitative estimate of drug-likeness (QED) is 0.301. The minimum atomic E-state index is -0.585. The number of hydrogen-bond donors (Lipinski definition) is 2. The topological polar surface area (TPSA) is 105 Å². The van der Waals surface area contributed by atoms with Gasteiger partial charge < -0.3 is 15.4 Å². The summed E-state index contributed by atoms with van der Waals surface area (Å²) in [5.74, 6) is -1.06. The lowest BCUT2D eigenvalue weighted by molar-refractivity contribution is -0.137. The number of ether oxygens (including phenoxy) is 1. The highest BCUT2D eigenvalue weighted by Gasteiger charge is 2.36. The number of hydrogen-bond acceptors (Lipinski definition) is 5. The number of rotatable bonds is 8. The zero-order valence-corrected chi connectivity index (χ0v) is 18.2. The molecule has 146 valence electrons. The van der Waals surface area contributed by atoms with Crippen LogP contribution in [-0.4, -0.2) is 64.6 Å². The SMILES string of the molecule is CC(C)(C)OC(=O)NCCNC(=O)CCN1C(=O)C(CBr)=C(CBr)C1=O. The molecule has 1 aliphatic heterocycles. The molecule has 0 saturated carbocycles. The van der Waals surface area contributed by atoms with Crippen LogP contribution < -0.4 is 10.6 Å². The lowest BCUT2D eigenvalue weighted by Gasteiger charge is -2.19. The first-order valence-corrected chi connectivity index (χ1v) is 10.3. The molecule has 0 saturated heterocycles. The molecule has 1 heterocycles. The average molecular weight is 497 g/mol. The first kappa shape index (κ1) is 22.6. The summed E-state index contributed by atoms with van der Waals surface area (Å²) in [5.41, 5.74) is 0.237. The number of carbonyl (C=O) groups excluding carboxylic acids is 4. The van der Waals surface area contributed by atoms with Crippen molar-refractivity contribution in [1.82, 2.24) is 15.5 Å². The van der Waals surface area contributed by atoms with Gasteiger partial charge in [-0.1, -0.05) is 31.9 Å². The van der Waals surface area contributed by atoms with Crippen molar-refractivity contribution < 1.29 is 23.9 Å². The summed E-state index contributed by atoms with van der Waals surface area (Å²) in [5, 5.41) is 5.71. The van der Waals surface area contributed by atoms with E-state index >= 15 is 0 Å². The monoisotopic (exact) mass is 495 g/mol. The van der Waals surface area contributed by atoms with E-state index in [0.29, 0.717) is 11.1 Å². The predicted molar refractivity (Wildman–Crippen MR) is 103 cm³/mol. The van der Waals surface area contributed by atoms with Crippen LogP contribution in [0.5, 0.6) is 0 Å². The van der Waals surface area contributed by atoms with Gasteiger partial charge >= 0.3 is 6.09 Å². The van der Waals surface area contributed by atoms with Crippen LogP contribution in [0.2, 0.25) is 0 Å². The normalized spacial score (nSPS) is 14.7. The summed E-state index contributed by atoms with van der Waals surface area (Å²) in [6.45, 7) is 5.71. The molecule has 0 unspecified atom stereocenters. The van der Waals surface area contributed by atoms with Crippen LogP contribution in [0.1, 0.15) is 27.2 Å². The van der Waals surface area contributed by atoms with Gasteiger partial charge in [0.1, 0.15) is 5.60 Å². The number of amides is 4. The lowest BCUT2D eigenvalue weighted by Crippen LogP contribution is -2.39. The number of nitrogens with zero attached hydrogens (tertiary/aromatic N) is 1. The number of halogens is 2. The molecule has 0 fully saturated rings. The van der Waals surface area contributed by atoms with Crippen molar-refractivity contribution in [3.8, 4) is 0 Å². The Kier molecular flexibility index (Phi) is 8.75. The smallest absolute Gasteiger partial charge is 0.407 e. The molecule has 10 heteroatoms. The maximum absolute atomic E-state index is 12.2. The summed E-state index contributed by atoms with van der Waals surface area (Å²) in [4.78, 5) is 48.7. The standard InChI is InChI=1S/C16H23Br2N3O5/c1-16(2,3)26-15(25)20-6-5-19-12(22)4-7-21-13(23)10(8-17)11(9-18)14(21)24/h4-9H2,1-3H3,(H,19,22)(H,20,25). The third-order valence-corrected chi connectivity index (χ3v) is 4.44. The molecule has 1 aliphatic rings. The van der Waals surface area contributed by atoms with Gasteiger partial charge in [0.05, 0.1) is 0 Å². The van der Waals surface area contributed by atoms with E-state index in [1.807, 2.05) is 0 Å². The third-order valence-electron chi connectivity index (χ3n) is 3.32. The Labute approximate surface area is 169 Å². The first-order valence-electron chi connectivity index (χ1n) is 8.04. The van der Waals surface area contributed by atoms with E-state index in [9.17, 15) is 19.2 Å². The minimum Gasteiger partial charge on any atom is -0.444 e. The van der Waals surface area contributed by atoms with Crippen molar-refractivity contribution in [2.45, 2.75) is 32.8 Å². The summed E-state index contributed by atoms with van der Waals surface area (Å²) >= 11 is 6.40. The fourth-order valence-electron chi connectivity index (χ4n) is 2.14. The van der Waals surface area contributed by atoms with Crippen LogP contribution in [0.4, 0.5) is 4.79 Å². The number of imide groups is 1. The van der Waals surface area contributed by atoms with Gasteiger partial charge in [0, 0.05) is 47.9 Å². The Balaban J connectivity index is 2.32. The van der Waals surface area contributed by atoms with Crippen molar-refractivity contribution in [3.63, 3.8) is 0 Å². The second-order valence-corrected chi connectivity index (χ2v) is 7.64. The highest BCUT2D eigenvalue weighted by molar-refractivity contribution is 9.09. The highest BCUT2D eigenvalue weighted by atomic mass is 79.9. The van der Waals surface area contributed by atoms with Gasteiger partial charge in [-0.2, -0.15) is 0 Å². The molecule has 0 atom stereocenters. The average Bonchev–Trinajstić information content (AvgIpc) is 2.77. The number of alkyl carbamates (subject to hydrolysis) is 1. The van der Waals surface area contributed by atoms with Crippen LogP contribution in [0, 0.1) is 0 Å². The van der Waals surface area contributed by atoms with Crippen molar-refractivity contribution >= 4 is 55.7 Å². The molecule has 4 amide bonds. The highest BCUT2D eigenvalue weighted by Crippen LogP contribution is 2.24. The number of carbonyl (C=O) groups is 4. The zero-order chi connectivity index (χ0) is 19.9. The molecule has 8 nitrogen and oxygen atoms in total. The molecule has 0 aromatic heterocycles. The van der Waals surface area contributed by atoms with Gasteiger partial charge in [-0.15, -0.1) is 0 Å². The Morgan fingerprint density at radius 1 is 1.00 bits per heavy atom. The molecular weight excluding hydrogens is 474 g/mol. The first-order chi connectivity index (χ1) is 12.1. The van der Waals surface area contributed by atoms with Gasteiger partial charge in [0.15, 0.2) is 0 Å². The molecule has 1 rings (SSSR count). The van der Waals surface area contributed by atoms with Gasteiger partial charge in [-0.05, 0) is 20.8 Å². The van der Waals surface area contributed by atoms with E-state index in [1.54, 1.807) is 20.8 Å². The molecule has 0 aromatic rings. The second-order valence-electron chi connectivity index (χ2n) is 6.51. The van der Waals surface area contributed by atoms with Gasteiger partial charge in [0.25, 0.3) is 11.8 Å². The summed E-state index contributed by atoms with van der Waals surface area (Å²) in [6.07, 6.45) is -0.564. The van der Waals surface area contributed by atoms with Crippen LogP contribution >= 0.6 is 31.9 Å². The fourth-order valence-corrected chi connectivity index (χ4v) is 3.29. The maximum Gasteiger partial charge on any atom is 0.407 e. The van der Waals surface area contributed by atoms with Crippen molar-refractivity contribution in [2.24, 2.45) is 0 Å². The number of alkyl halides is 2. The Morgan fingerprint density at radius 2 is 1.50 bits per heavy atom. The molecular formula is C16H23Br2N3O5. The molecule has 2 N–H and O–H groups in total. The van der Waals surface area contributed by atoms with Crippen LogP contribution in [0.3, 0.4) is 0 Å².